The molecule has 1 aromatic carbocycles. The summed E-state index contributed by atoms with van der Waals surface area (Å²) in [7, 11) is -2.69. The first-order valence-electron chi connectivity index (χ1n) is 6.46. The Labute approximate surface area is 117 Å². The molecule has 1 saturated carbocycles. The van der Waals surface area contributed by atoms with Gasteiger partial charge in [-0.05, 0) is 30.5 Å². The Bertz CT molecular complexity index is 559. The van der Waals surface area contributed by atoms with Crippen LogP contribution in [0.1, 0.15) is 18.4 Å². The SMILES string of the molecule is CN(CC(F)F)S(=O)(=O)c1cccc(CNC2CC2)c1. The second-order valence-corrected chi connectivity index (χ2v) is 7.02. The zero-order chi connectivity index (χ0) is 14.8. The van der Waals surface area contributed by atoms with Crippen molar-refractivity contribution < 1.29 is 17.2 Å². The van der Waals surface area contributed by atoms with E-state index in [2.05, 4.69) is 5.32 Å². The van der Waals surface area contributed by atoms with Crippen molar-refractivity contribution in [1.82, 2.24) is 9.62 Å². The lowest BCUT2D eigenvalue weighted by Crippen LogP contribution is -2.31. The highest BCUT2D eigenvalue weighted by Crippen LogP contribution is 2.20. The molecule has 0 radical (unpaired) electrons. The van der Waals surface area contributed by atoms with Crippen LogP contribution in [0.15, 0.2) is 29.2 Å². The molecule has 1 fully saturated rings. The van der Waals surface area contributed by atoms with Crippen molar-refractivity contribution in [2.45, 2.75) is 36.7 Å². The average Bonchev–Trinajstić information content (AvgIpc) is 3.20. The second-order valence-electron chi connectivity index (χ2n) is 4.98. The molecule has 20 heavy (non-hydrogen) atoms. The largest absolute Gasteiger partial charge is 0.310 e. The third-order valence-electron chi connectivity index (χ3n) is 3.17. The summed E-state index contributed by atoms with van der Waals surface area (Å²) < 4.78 is 49.6. The van der Waals surface area contributed by atoms with Crippen molar-refractivity contribution in [3.63, 3.8) is 0 Å². The summed E-state index contributed by atoms with van der Waals surface area (Å²) in [5.41, 5.74) is 0.837. The molecule has 112 valence electrons. The molecule has 0 spiro atoms. The van der Waals surface area contributed by atoms with Crippen molar-refractivity contribution >= 4 is 10.0 Å². The third kappa shape index (κ3) is 3.97. The predicted octanol–water partition coefficient (Wildman–Crippen LogP) is 1.82. The molecule has 0 heterocycles. The standard InChI is InChI=1S/C13H18F2N2O2S/c1-17(9-13(14)15)20(18,19)12-4-2-3-10(7-12)8-16-11-5-6-11/h2-4,7,11,13,16H,5-6,8-9H2,1H3. The summed E-state index contributed by atoms with van der Waals surface area (Å²) in [4.78, 5) is 0.0516. The summed E-state index contributed by atoms with van der Waals surface area (Å²) in [6, 6.07) is 6.94. The first-order chi connectivity index (χ1) is 9.39. The summed E-state index contributed by atoms with van der Waals surface area (Å²) in [5.74, 6) is 0. The Morgan fingerprint density at radius 1 is 1.40 bits per heavy atom. The molecule has 0 aliphatic heterocycles. The smallest absolute Gasteiger partial charge is 0.252 e. The van der Waals surface area contributed by atoms with E-state index in [0.29, 0.717) is 16.9 Å². The maximum Gasteiger partial charge on any atom is 0.252 e. The van der Waals surface area contributed by atoms with Crippen LogP contribution in [0, 0.1) is 0 Å². The van der Waals surface area contributed by atoms with Gasteiger partial charge in [-0.25, -0.2) is 17.2 Å². The van der Waals surface area contributed by atoms with Gasteiger partial charge < -0.3 is 5.32 Å². The van der Waals surface area contributed by atoms with Crippen LogP contribution in [0.2, 0.25) is 0 Å². The summed E-state index contributed by atoms with van der Waals surface area (Å²) in [5, 5.41) is 3.28. The zero-order valence-electron chi connectivity index (χ0n) is 11.2. The maximum absolute atomic E-state index is 12.3. The van der Waals surface area contributed by atoms with Crippen LogP contribution in [0.5, 0.6) is 0 Å². The lowest BCUT2D eigenvalue weighted by atomic mass is 10.2. The van der Waals surface area contributed by atoms with Gasteiger partial charge in [0.25, 0.3) is 6.43 Å². The molecule has 2 rings (SSSR count). The van der Waals surface area contributed by atoms with E-state index in [1.54, 1.807) is 6.07 Å². The highest BCUT2D eigenvalue weighted by Gasteiger charge is 2.24. The molecule has 0 atom stereocenters. The number of rotatable bonds is 7. The fourth-order valence-electron chi connectivity index (χ4n) is 1.84. The molecular weight excluding hydrogens is 286 g/mol. The number of nitrogens with one attached hydrogen (secondary N) is 1. The molecule has 0 saturated heterocycles. The maximum atomic E-state index is 12.3. The lowest BCUT2D eigenvalue weighted by Gasteiger charge is -2.17. The van der Waals surface area contributed by atoms with Crippen molar-refractivity contribution in [1.29, 1.82) is 0 Å². The van der Waals surface area contributed by atoms with Gasteiger partial charge >= 0.3 is 0 Å². The van der Waals surface area contributed by atoms with Gasteiger partial charge in [-0.1, -0.05) is 12.1 Å². The van der Waals surface area contributed by atoms with Crippen LogP contribution in [-0.4, -0.2) is 38.8 Å². The predicted molar refractivity (Wildman–Crippen MR) is 72.1 cm³/mol. The van der Waals surface area contributed by atoms with Crippen molar-refractivity contribution in [3.05, 3.63) is 29.8 Å². The van der Waals surface area contributed by atoms with Crippen LogP contribution in [0.4, 0.5) is 8.78 Å². The van der Waals surface area contributed by atoms with Gasteiger partial charge in [0.15, 0.2) is 0 Å². The Balaban J connectivity index is 2.11. The van der Waals surface area contributed by atoms with E-state index in [-0.39, 0.29) is 4.90 Å². The van der Waals surface area contributed by atoms with E-state index < -0.39 is 23.0 Å². The van der Waals surface area contributed by atoms with E-state index in [1.807, 2.05) is 6.07 Å². The van der Waals surface area contributed by atoms with Crippen molar-refractivity contribution in [2.24, 2.45) is 0 Å². The first-order valence-corrected chi connectivity index (χ1v) is 7.90. The topological polar surface area (TPSA) is 49.4 Å². The minimum Gasteiger partial charge on any atom is -0.310 e. The molecule has 0 bridgehead atoms. The van der Waals surface area contributed by atoms with Crippen molar-refractivity contribution in [3.8, 4) is 0 Å². The molecule has 1 aromatic rings. The second kappa shape index (κ2) is 6.15. The molecule has 1 aliphatic carbocycles. The molecule has 4 nitrogen and oxygen atoms in total. The quantitative estimate of drug-likeness (QED) is 0.836. The van der Waals surface area contributed by atoms with Gasteiger partial charge in [0, 0.05) is 19.6 Å². The van der Waals surface area contributed by atoms with Crippen molar-refractivity contribution in [2.75, 3.05) is 13.6 Å². The van der Waals surface area contributed by atoms with Gasteiger partial charge in [-0.2, -0.15) is 4.31 Å². The molecular formula is C13H18F2N2O2S. The number of alkyl halides is 2. The Hall–Kier alpha value is -1.05. The number of nitrogens with zero attached hydrogens (tertiary/aromatic N) is 1. The Kier molecular flexibility index (Phi) is 4.72. The first kappa shape index (κ1) is 15.3. The highest BCUT2D eigenvalue weighted by molar-refractivity contribution is 7.89. The van der Waals surface area contributed by atoms with Crippen LogP contribution < -0.4 is 5.32 Å². The lowest BCUT2D eigenvalue weighted by molar-refractivity contribution is 0.126. The summed E-state index contributed by atoms with van der Waals surface area (Å²) in [6.45, 7) is -0.209. The van der Waals surface area contributed by atoms with E-state index in [4.69, 9.17) is 0 Å². The van der Waals surface area contributed by atoms with E-state index in [1.165, 1.54) is 12.1 Å². The highest BCUT2D eigenvalue weighted by atomic mass is 32.2. The summed E-state index contributed by atoms with van der Waals surface area (Å²) >= 11 is 0. The molecule has 1 aliphatic rings. The van der Waals surface area contributed by atoms with Crippen LogP contribution in [0.3, 0.4) is 0 Å². The molecule has 7 heteroatoms. The van der Waals surface area contributed by atoms with Crippen LogP contribution in [-0.2, 0) is 16.6 Å². The normalized spacial score (nSPS) is 16.1. The molecule has 0 amide bonds. The zero-order valence-corrected chi connectivity index (χ0v) is 12.0. The average molecular weight is 304 g/mol. The third-order valence-corrected chi connectivity index (χ3v) is 4.99. The minimum atomic E-state index is -3.85. The van der Waals surface area contributed by atoms with E-state index in [9.17, 15) is 17.2 Å². The summed E-state index contributed by atoms with van der Waals surface area (Å²) in [6.07, 6.45) is -0.390. The monoisotopic (exact) mass is 304 g/mol. The van der Waals surface area contributed by atoms with Gasteiger partial charge in [-0.15, -0.1) is 0 Å². The van der Waals surface area contributed by atoms with E-state index in [0.717, 1.165) is 25.5 Å². The molecule has 0 aromatic heterocycles. The number of benzene rings is 1. The molecule has 0 unspecified atom stereocenters. The minimum absolute atomic E-state index is 0.0516. The molecule has 1 N–H and O–H groups in total. The van der Waals surface area contributed by atoms with Crippen LogP contribution >= 0.6 is 0 Å². The van der Waals surface area contributed by atoms with Gasteiger partial charge in [0.1, 0.15) is 0 Å². The Morgan fingerprint density at radius 3 is 2.70 bits per heavy atom. The van der Waals surface area contributed by atoms with Crippen LogP contribution in [0.25, 0.3) is 0 Å². The Morgan fingerprint density at radius 2 is 2.10 bits per heavy atom. The van der Waals surface area contributed by atoms with Gasteiger partial charge in [0.05, 0.1) is 11.4 Å². The number of hydrogen-bond donors (Lipinski definition) is 1. The fourth-order valence-corrected chi connectivity index (χ4v) is 3.06. The van der Waals surface area contributed by atoms with Gasteiger partial charge in [-0.3, -0.25) is 0 Å². The number of halogens is 2. The van der Waals surface area contributed by atoms with Gasteiger partial charge in [0.2, 0.25) is 10.0 Å². The number of sulfonamides is 1. The number of hydrogen-bond acceptors (Lipinski definition) is 3. The van der Waals surface area contributed by atoms with E-state index >= 15 is 0 Å². The fraction of sp³-hybridized carbons (Fsp3) is 0.538.